The van der Waals surface area contributed by atoms with Crippen LogP contribution < -0.4 is 5.32 Å². The van der Waals surface area contributed by atoms with Crippen molar-refractivity contribution in [3.05, 3.63) is 24.3 Å². The summed E-state index contributed by atoms with van der Waals surface area (Å²) in [5, 5.41) is 3.03. The average molecular weight is 305 g/mol. The molecule has 0 saturated heterocycles. The molecule has 1 aromatic carbocycles. The fourth-order valence-electron chi connectivity index (χ4n) is 1.53. The Bertz CT molecular complexity index is 525. The molecule has 0 aromatic heterocycles. The van der Waals surface area contributed by atoms with Crippen LogP contribution in [0, 0.1) is 0 Å². The second kappa shape index (κ2) is 7.14. The van der Waals surface area contributed by atoms with E-state index in [9.17, 15) is 12.6 Å². The van der Waals surface area contributed by atoms with Gasteiger partial charge in [0.25, 0.3) is 0 Å². The smallest absolute Gasteiger partial charge is 0.175 e. The molecule has 19 heavy (non-hydrogen) atoms. The summed E-state index contributed by atoms with van der Waals surface area (Å²) in [4.78, 5) is 0.846. The van der Waals surface area contributed by atoms with Gasteiger partial charge in [0.05, 0.1) is 22.3 Å². The lowest BCUT2D eigenvalue weighted by molar-refractivity contribution is 0.176. The van der Waals surface area contributed by atoms with Gasteiger partial charge in [-0.2, -0.15) is 0 Å². The maximum absolute atomic E-state index is 12.1. The van der Waals surface area contributed by atoms with E-state index in [0.29, 0.717) is 17.3 Å². The Hall–Kier alpha value is -0.760. The molecule has 108 valence electrons. The number of methoxy groups -OCH3 is 1. The van der Waals surface area contributed by atoms with E-state index >= 15 is 0 Å². The maximum Gasteiger partial charge on any atom is 0.175 e. The van der Waals surface area contributed by atoms with Crippen LogP contribution in [0.1, 0.15) is 0 Å². The monoisotopic (exact) mass is 305 g/mol. The Labute approximate surface area is 116 Å². The van der Waals surface area contributed by atoms with Gasteiger partial charge in [0.2, 0.25) is 0 Å². The summed E-state index contributed by atoms with van der Waals surface area (Å²) in [6, 6.07) is 6.14. The molecule has 0 radical (unpaired) electrons. The SMILES string of the molecule is CNC(COC)CS(=O)c1ccc(S(C)(=O)=O)cc1. The number of hydrogen-bond donors (Lipinski definition) is 1. The van der Waals surface area contributed by atoms with E-state index in [0.717, 1.165) is 6.26 Å². The minimum Gasteiger partial charge on any atom is -0.383 e. The molecule has 0 aliphatic heterocycles. The van der Waals surface area contributed by atoms with Crippen LogP contribution in [0.2, 0.25) is 0 Å². The molecule has 0 spiro atoms. The third-order valence-electron chi connectivity index (χ3n) is 2.64. The van der Waals surface area contributed by atoms with Gasteiger partial charge in [-0.15, -0.1) is 0 Å². The molecule has 2 atom stereocenters. The number of rotatable bonds is 7. The minimum absolute atomic E-state index is 0.000387. The van der Waals surface area contributed by atoms with Crippen LogP contribution in [0.4, 0.5) is 0 Å². The second-order valence-electron chi connectivity index (χ2n) is 4.20. The first-order valence-corrected chi connectivity index (χ1v) is 8.94. The van der Waals surface area contributed by atoms with Crippen LogP contribution >= 0.6 is 0 Å². The van der Waals surface area contributed by atoms with Gasteiger partial charge in [-0.1, -0.05) is 0 Å². The standard InChI is InChI=1S/C12H19NO4S2/c1-13-10(8-17-2)9-18(14)11-4-6-12(7-5-11)19(3,15)16/h4-7,10,13H,8-9H2,1-3H3. The molecule has 2 unspecified atom stereocenters. The second-order valence-corrected chi connectivity index (χ2v) is 7.71. The first-order chi connectivity index (χ1) is 8.88. The molecule has 0 fully saturated rings. The van der Waals surface area contributed by atoms with Gasteiger partial charge in [-0.25, -0.2) is 8.42 Å². The molecule has 7 heteroatoms. The third kappa shape index (κ3) is 5.02. The van der Waals surface area contributed by atoms with E-state index < -0.39 is 20.6 Å². The highest BCUT2D eigenvalue weighted by atomic mass is 32.2. The van der Waals surface area contributed by atoms with Crippen LogP contribution in [0.15, 0.2) is 34.1 Å². The number of likely N-dealkylation sites (N-methyl/N-ethyl adjacent to an activating group) is 1. The van der Waals surface area contributed by atoms with Crippen molar-refractivity contribution >= 4 is 20.6 Å². The summed E-state index contributed by atoms with van der Waals surface area (Å²) in [5.41, 5.74) is 0. The molecule has 0 saturated carbocycles. The predicted octanol–water partition coefficient (Wildman–Crippen LogP) is 0.432. The first kappa shape index (κ1) is 16.3. The summed E-state index contributed by atoms with van der Waals surface area (Å²) in [6.45, 7) is 0.476. The summed E-state index contributed by atoms with van der Waals surface area (Å²) in [7, 11) is -1.02. The zero-order chi connectivity index (χ0) is 14.5. The van der Waals surface area contributed by atoms with Crippen molar-refractivity contribution in [3.8, 4) is 0 Å². The van der Waals surface area contributed by atoms with E-state index in [4.69, 9.17) is 4.74 Å². The Morgan fingerprint density at radius 1 is 1.32 bits per heavy atom. The lowest BCUT2D eigenvalue weighted by Gasteiger charge is -2.14. The van der Waals surface area contributed by atoms with Crippen LogP contribution in [-0.4, -0.2) is 51.4 Å². The number of benzene rings is 1. The highest BCUT2D eigenvalue weighted by molar-refractivity contribution is 7.90. The van der Waals surface area contributed by atoms with E-state index in [1.54, 1.807) is 26.3 Å². The summed E-state index contributed by atoms with van der Waals surface area (Å²) < 4.78 is 39.8. The molecule has 1 N–H and O–H groups in total. The Kier molecular flexibility index (Phi) is 6.12. The average Bonchev–Trinajstić information content (AvgIpc) is 2.37. The van der Waals surface area contributed by atoms with Gasteiger partial charge in [-0.05, 0) is 31.3 Å². The highest BCUT2D eigenvalue weighted by Gasteiger charge is 2.13. The molecular formula is C12H19NO4S2. The lowest BCUT2D eigenvalue weighted by Crippen LogP contribution is -2.35. The largest absolute Gasteiger partial charge is 0.383 e. The van der Waals surface area contributed by atoms with Crippen molar-refractivity contribution in [2.24, 2.45) is 0 Å². The fraction of sp³-hybridized carbons (Fsp3) is 0.500. The topological polar surface area (TPSA) is 72.5 Å². The molecule has 0 bridgehead atoms. The summed E-state index contributed by atoms with van der Waals surface area (Å²) in [5.74, 6) is 0.419. The van der Waals surface area contributed by atoms with Crippen molar-refractivity contribution in [2.75, 3.05) is 32.8 Å². The van der Waals surface area contributed by atoms with Crippen LogP contribution in [-0.2, 0) is 25.4 Å². The van der Waals surface area contributed by atoms with Gasteiger partial charge >= 0.3 is 0 Å². The zero-order valence-electron chi connectivity index (χ0n) is 11.3. The van der Waals surface area contributed by atoms with Crippen molar-refractivity contribution < 1.29 is 17.4 Å². The normalized spacial score (nSPS) is 15.1. The van der Waals surface area contributed by atoms with Gasteiger partial charge in [0, 0.05) is 30.1 Å². The molecule has 1 rings (SSSR count). The van der Waals surface area contributed by atoms with Crippen molar-refractivity contribution in [3.63, 3.8) is 0 Å². The quantitative estimate of drug-likeness (QED) is 0.791. The fourth-order valence-corrected chi connectivity index (χ4v) is 3.42. The number of hydrogen-bond acceptors (Lipinski definition) is 5. The van der Waals surface area contributed by atoms with Crippen molar-refractivity contribution in [2.45, 2.75) is 15.8 Å². The van der Waals surface area contributed by atoms with Gasteiger partial charge in [0.15, 0.2) is 9.84 Å². The first-order valence-electron chi connectivity index (χ1n) is 5.73. The molecule has 5 nitrogen and oxygen atoms in total. The molecule has 0 amide bonds. The van der Waals surface area contributed by atoms with Gasteiger partial charge in [0.1, 0.15) is 0 Å². The Morgan fingerprint density at radius 2 is 1.89 bits per heavy atom. The number of nitrogens with one attached hydrogen (secondary N) is 1. The molecule has 0 heterocycles. The van der Waals surface area contributed by atoms with E-state index in [-0.39, 0.29) is 10.9 Å². The van der Waals surface area contributed by atoms with E-state index in [1.807, 2.05) is 0 Å². The van der Waals surface area contributed by atoms with Crippen molar-refractivity contribution in [1.82, 2.24) is 5.32 Å². The summed E-state index contributed by atoms with van der Waals surface area (Å²) in [6.07, 6.45) is 1.15. The minimum atomic E-state index is -3.21. The number of ether oxygens (including phenoxy) is 1. The zero-order valence-corrected chi connectivity index (χ0v) is 12.9. The third-order valence-corrected chi connectivity index (χ3v) is 5.27. The molecule has 0 aliphatic carbocycles. The maximum atomic E-state index is 12.1. The number of sulfone groups is 1. The highest BCUT2D eigenvalue weighted by Crippen LogP contribution is 2.13. The van der Waals surface area contributed by atoms with E-state index in [2.05, 4.69) is 5.32 Å². The van der Waals surface area contributed by atoms with Gasteiger partial charge < -0.3 is 10.1 Å². The predicted molar refractivity (Wildman–Crippen MR) is 75.6 cm³/mol. The molecule has 1 aromatic rings. The van der Waals surface area contributed by atoms with E-state index in [1.165, 1.54) is 12.1 Å². The van der Waals surface area contributed by atoms with Crippen LogP contribution in [0.25, 0.3) is 0 Å². The van der Waals surface area contributed by atoms with Crippen LogP contribution in [0.5, 0.6) is 0 Å². The van der Waals surface area contributed by atoms with Crippen LogP contribution in [0.3, 0.4) is 0 Å². The molecule has 0 aliphatic rings. The Balaban J connectivity index is 2.78. The summed E-state index contributed by atoms with van der Waals surface area (Å²) >= 11 is 0. The van der Waals surface area contributed by atoms with Gasteiger partial charge in [-0.3, -0.25) is 4.21 Å². The molecular weight excluding hydrogens is 286 g/mol. The van der Waals surface area contributed by atoms with Crippen molar-refractivity contribution in [1.29, 1.82) is 0 Å². The lowest BCUT2D eigenvalue weighted by atomic mass is 10.4. The Morgan fingerprint density at radius 3 is 2.32 bits per heavy atom.